The predicted molar refractivity (Wildman–Crippen MR) is 83.1 cm³/mol. The van der Waals surface area contributed by atoms with Crippen LogP contribution >= 0.6 is 11.8 Å². The van der Waals surface area contributed by atoms with Crippen molar-refractivity contribution >= 4 is 23.6 Å². The number of hydrogen-bond donors (Lipinski definition) is 2. The first-order valence-corrected chi connectivity index (χ1v) is 8.30. The maximum atomic E-state index is 11.9. The maximum Gasteiger partial charge on any atom is 0.234 e. The van der Waals surface area contributed by atoms with E-state index in [4.69, 9.17) is 5.73 Å². The summed E-state index contributed by atoms with van der Waals surface area (Å²) in [6.45, 7) is 2.46. The largest absolute Gasteiger partial charge is 0.369 e. The van der Waals surface area contributed by atoms with Crippen molar-refractivity contribution in [2.45, 2.75) is 18.0 Å². The first-order chi connectivity index (χ1) is 10.6. The molecule has 9 heteroatoms. The highest BCUT2D eigenvalue weighted by atomic mass is 32.2. The van der Waals surface area contributed by atoms with Gasteiger partial charge in [-0.25, -0.2) is 0 Å². The quantitative estimate of drug-likeness (QED) is 0.503. The van der Waals surface area contributed by atoms with Crippen LogP contribution in [0.25, 0.3) is 0 Å². The summed E-state index contributed by atoms with van der Waals surface area (Å²) in [7, 11) is 1.89. The summed E-state index contributed by atoms with van der Waals surface area (Å²) in [5.41, 5.74) is 5.30. The molecule has 0 aliphatic carbocycles. The topological polar surface area (TPSA) is 106 Å². The molecule has 8 nitrogen and oxygen atoms in total. The van der Waals surface area contributed by atoms with Crippen LogP contribution in [0, 0.1) is 5.92 Å². The van der Waals surface area contributed by atoms with Gasteiger partial charge in [0.05, 0.1) is 6.54 Å². The Labute approximate surface area is 133 Å². The number of piperidine rings is 1. The van der Waals surface area contributed by atoms with Crippen LogP contribution in [-0.4, -0.2) is 63.4 Å². The van der Waals surface area contributed by atoms with Gasteiger partial charge in [-0.2, -0.15) is 0 Å². The van der Waals surface area contributed by atoms with E-state index in [1.807, 2.05) is 11.6 Å². The number of carbonyl (C=O) groups is 2. The SMILES string of the molecule is Cn1cnnc1SCCNC(=O)CN1CCC(C(N)=O)CC1. The van der Waals surface area contributed by atoms with Crippen LogP contribution in [-0.2, 0) is 16.6 Å². The molecule has 0 unspecified atom stereocenters. The van der Waals surface area contributed by atoms with E-state index in [1.54, 1.807) is 18.1 Å². The molecule has 0 radical (unpaired) electrons. The van der Waals surface area contributed by atoms with Crippen LogP contribution in [0.2, 0.25) is 0 Å². The molecular formula is C13H22N6O2S. The Morgan fingerprint density at radius 2 is 2.18 bits per heavy atom. The van der Waals surface area contributed by atoms with Crippen LogP contribution in [0.1, 0.15) is 12.8 Å². The molecule has 1 saturated heterocycles. The molecule has 1 aliphatic rings. The number of carbonyl (C=O) groups excluding carboxylic acids is 2. The zero-order chi connectivity index (χ0) is 15.9. The summed E-state index contributed by atoms with van der Waals surface area (Å²) in [6, 6.07) is 0. The molecule has 0 atom stereocenters. The molecule has 1 fully saturated rings. The van der Waals surface area contributed by atoms with Crippen molar-refractivity contribution in [3.63, 3.8) is 0 Å². The van der Waals surface area contributed by atoms with Gasteiger partial charge in [0.15, 0.2) is 5.16 Å². The molecule has 2 rings (SSSR count). The Morgan fingerprint density at radius 1 is 1.45 bits per heavy atom. The van der Waals surface area contributed by atoms with Crippen molar-refractivity contribution in [1.29, 1.82) is 0 Å². The highest BCUT2D eigenvalue weighted by Crippen LogP contribution is 2.16. The van der Waals surface area contributed by atoms with E-state index < -0.39 is 0 Å². The molecule has 1 aliphatic heterocycles. The molecule has 2 heterocycles. The fraction of sp³-hybridized carbons (Fsp3) is 0.692. The second-order valence-corrected chi connectivity index (χ2v) is 6.44. The Bertz CT molecular complexity index is 512. The second-order valence-electron chi connectivity index (χ2n) is 5.38. The Hall–Kier alpha value is -1.61. The van der Waals surface area contributed by atoms with Crippen molar-refractivity contribution in [2.24, 2.45) is 18.7 Å². The summed E-state index contributed by atoms with van der Waals surface area (Å²) < 4.78 is 1.84. The average molecular weight is 326 g/mol. The van der Waals surface area contributed by atoms with Crippen LogP contribution in [0.4, 0.5) is 0 Å². The smallest absolute Gasteiger partial charge is 0.234 e. The van der Waals surface area contributed by atoms with E-state index in [2.05, 4.69) is 20.4 Å². The zero-order valence-electron chi connectivity index (χ0n) is 12.7. The van der Waals surface area contributed by atoms with Gasteiger partial charge < -0.3 is 15.6 Å². The standard InChI is InChI=1S/C13H22N6O2S/c1-18-9-16-17-13(18)22-7-4-15-11(20)8-19-5-2-10(3-6-19)12(14)21/h9-10H,2-8H2,1H3,(H2,14,21)(H,15,20). The van der Waals surface area contributed by atoms with Gasteiger partial charge in [-0.15, -0.1) is 10.2 Å². The minimum atomic E-state index is -0.232. The molecule has 2 amide bonds. The third-order valence-electron chi connectivity index (χ3n) is 3.68. The fourth-order valence-corrected chi connectivity index (χ4v) is 3.11. The lowest BCUT2D eigenvalue weighted by Gasteiger charge is -2.29. The van der Waals surface area contributed by atoms with Gasteiger partial charge in [0.2, 0.25) is 11.8 Å². The highest BCUT2D eigenvalue weighted by molar-refractivity contribution is 7.99. The molecule has 3 N–H and O–H groups in total. The number of likely N-dealkylation sites (tertiary alicyclic amines) is 1. The average Bonchev–Trinajstić information content (AvgIpc) is 2.89. The van der Waals surface area contributed by atoms with Crippen molar-refractivity contribution in [2.75, 3.05) is 31.9 Å². The Balaban J connectivity index is 1.58. The number of rotatable bonds is 7. The number of hydrogen-bond acceptors (Lipinski definition) is 6. The minimum absolute atomic E-state index is 0.0103. The van der Waals surface area contributed by atoms with Gasteiger partial charge in [0.1, 0.15) is 6.33 Å². The number of primary amides is 1. The van der Waals surface area contributed by atoms with E-state index in [9.17, 15) is 9.59 Å². The van der Waals surface area contributed by atoms with E-state index in [-0.39, 0.29) is 17.7 Å². The first kappa shape index (κ1) is 16.8. The van der Waals surface area contributed by atoms with Crippen LogP contribution < -0.4 is 11.1 Å². The molecule has 0 bridgehead atoms. The third-order valence-corrected chi connectivity index (χ3v) is 4.72. The van der Waals surface area contributed by atoms with E-state index >= 15 is 0 Å². The van der Waals surface area contributed by atoms with E-state index in [0.29, 0.717) is 13.1 Å². The number of nitrogens with two attached hydrogens (primary N) is 1. The number of nitrogens with zero attached hydrogens (tertiary/aromatic N) is 4. The summed E-state index contributed by atoms with van der Waals surface area (Å²) in [5, 5.41) is 11.5. The normalized spacial score (nSPS) is 16.6. The summed E-state index contributed by atoms with van der Waals surface area (Å²) in [4.78, 5) is 25.0. The number of thioether (sulfide) groups is 1. The van der Waals surface area contributed by atoms with Gasteiger partial charge in [-0.3, -0.25) is 14.5 Å². The van der Waals surface area contributed by atoms with E-state index in [0.717, 1.165) is 36.8 Å². The van der Waals surface area contributed by atoms with Crippen molar-refractivity contribution in [1.82, 2.24) is 25.0 Å². The van der Waals surface area contributed by atoms with Crippen LogP contribution in [0.5, 0.6) is 0 Å². The molecular weight excluding hydrogens is 304 g/mol. The maximum absolute atomic E-state index is 11.9. The monoisotopic (exact) mass is 326 g/mol. The van der Waals surface area contributed by atoms with Gasteiger partial charge in [-0.05, 0) is 25.9 Å². The molecule has 22 heavy (non-hydrogen) atoms. The van der Waals surface area contributed by atoms with E-state index in [1.165, 1.54) is 0 Å². The lowest BCUT2D eigenvalue weighted by molar-refractivity contribution is -0.124. The van der Waals surface area contributed by atoms with Crippen molar-refractivity contribution in [3.8, 4) is 0 Å². The third kappa shape index (κ3) is 4.99. The molecule has 0 saturated carbocycles. The number of amides is 2. The fourth-order valence-electron chi connectivity index (χ4n) is 2.37. The van der Waals surface area contributed by atoms with Gasteiger partial charge in [-0.1, -0.05) is 11.8 Å². The second kappa shape index (κ2) is 8.14. The van der Waals surface area contributed by atoms with Crippen molar-refractivity contribution in [3.05, 3.63) is 6.33 Å². The first-order valence-electron chi connectivity index (χ1n) is 7.31. The number of aryl methyl sites for hydroxylation is 1. The molecule has 0 spiro atoms. The lowest BCUT2D eigenvalue weighted by atomic mass is 9.96. The number of aromatic nitrogens is 3. The Kier molecular flexibility index (Phi) is 6.20. The summed E-state index contributed by atoms with van der Waals surface area (Å²) >= 11 is 1.55. The van der Waals surface area contributed by atoms with Crippen LogP contribution in [0.3, 0.4) is 0 Å². The predicted octanol–water partition coefficient (Wildman–Crippen LogP) is -0.779. The number of nitrogens with one attached hydrogen (secondary N) is 1. The lowest BCUT2D eigenvalue weighted by Crippen LogP contribution is -2.43. The molecule has 1 aromatic rings. The summed E-state index contributed by atoms with van der Waals surface area (Å²) in [5.74, 6) is 0.491. The van der Waals surface area contributed by atoms with Gasteiger partial charge in [0.25, 0.3) is 0 Å². The molecule has 122 valence electrons. The van der Waals surface area contributed by atoms with Crippen LogP contribution in [0.15, 0.2) is 11.5 Å². The van der Waals surface area contributed by atoms with Crippen molar-refractivity contribution < 1.29 is 9.59 Å². The van der Waals surface area contributed by atoms with Gasteiger partial charge in [0, 0.05) is 25.3 Å². The zero-order valence-corrected chi connectivity index (χ0v) is 13.5. The summed E-state index contributed by atoms with van der Waals surface area (Å²) in [6.07, 6.45) is 3.13. The highest BCUT2D eigenvalue weighted by Gasteiger charge is 2.23. The van der Waals surface area contributed by atoms with Gasteiger partial charge >= 0.3 is 0 Å². The molecule has 0 aromatic carbocycles. The minimum Gasteiger partial charge on any atom is -0.369 e. The molecule has 1 aromatic heterocycles. The Morgan fingerprint density at radius 3 is 2.77 bits per heavy atom.